The number of nitrogens with zero attached hydrogens (tertiary/aromatic N) is 1. The van der Waals surface area contributed by atoms with Crippen LogP contribution in [0.3, 0.4) is 0 Å². The SMILES string of the molecule is CCCCCCCCCCCCCCC/C=C/[N+](CC(CC)C(=O)[O-])(CC(CC)C(=O)O)CC(CC)C(=O)O. The van der Waals surface area contributed by atoms with E-state index in [0.29, 0.717) is 19.3 Å². The van der Waals surface area contributed by atoms with E-state index in [0.717, 1.165) is 19.3 Å². The van der Waals surface area contributed by atoms with Crippen molar-refractivity contribution in [2.24, 2.45) is 17.8 Å². The topological polar surface area (TPSA) is 115 Å². The lowest BCUT2D eigenvalue weighted by Gasteiger charge is -2.41. The van der Waals surface area contributed by atoms with Crippen molar-refractivity contribution in [1.82, 2.24) is 0 Å². The summed E-state index contributed by atoms with van der Waals surface area (Å²) in [6.45, 7) is 8.11. The lowest BCUT2D eigenvalue weighted by Crippen LogP contribution is -2.55. The summed E-state index contributed by atoms with van der Waals surface area (Å²) >= 11 is 0. The Bertz CT molecular complexity index is 632. The minimum absolute atomic E-state index is 0.0422. The van der Waals surface area contributed by atoms with Gasteiger partial charge in [-0.15, -0.1) is 0 Å². The first-order chi connectivity index (χ1) is 18.7. The monoisotopic (exact) mass is 553 g/mol. The zero-order valence-corrected chi connectivity index (χ0v) is 25.5. The van der Waals surface area contributed by atoms with Crippen LogP contribution in [0.1, 0.15) is 137 Å². The van der Waals surface area contributed by atoms with Crippen molar-refractivity contribution in [1.29, 1.82) is 0 Å². The molecule has 0 aliphatic carbocycles. The number of aliphatic carboxylic acids is 3. The van der Waals surface area contributed by atoms with E-state index in [2.05, 4.69) is 6.92 Å². The fourth-order valence-corrected chi connectivity index (χ4v) is 5.43. The fourth-order valence-electron chi connectivity index (χ4n) is 5.43. The molecular weight excluding hydrogens is 494 g/mol. The zero-order valence-electron chi connectivity index (χ0n) is 25.5. The molecule has 39 heavy (non-hydrogen) atoms. The Labute approximate surface area is 238 Å². The number of allylic oxidation sites excluding steroid dienone is 1. The third kappa shape index (κ3) is 17.4. The number of carbonyl (C=O) groups excluding carboxylic acids is 1. The molecule has 0 aromatic heterocycles. The Kier molecular flexibility index (Phi) is 21.8. The highest BCUT2D eigenvalue weighted by molar-refractivity contribution is 5.71. The van der Waals surface area contributed by atoms with Crippen LogP contribution in [0.25, 0.3) is 0 Å². The Morgan fingerprint density at radius 3 is 1.31 bits per heavy atom. The number of hydrogen-bond donors (Lipinski definition) is 2. The van der Waals surface area contributed by atoms with E-state index in [1.165, 1.54) is 70.6 Å². The molecule has 0 radical (unpaired) electrons. The van der Waals surface area contributed by atoms with Gasteiger partial charge < -0.3 is 20.1 Å². The molecule has 3 atom stereocenters. The lowest BCUT2D eigenvalue weighted by atomic mass is 9.96. The smallest absolute Gasteiger partial charge is 0.312 e. The summed E-state index contributed by atoms with van der Waals surface area (Å²) in [5.74, 6) is -5.18. The van der Waals surface area contributed by atoms with E-state index in [-0.39, 0.29) is 24.1 Å². The van der Waals surface area contributed by atoms with Gasteiger partial charge in [-0.2, -0.15) is 0 Å². The average molecular weight is 554 g/mol. The van der Waals surface area contributed by atoms with Gasteiger partial charge >= 0.3 is 11.9 Å². The summed E-state index contributed by atoms with van der Waals surface area (Å²) in [5.41, 5.74) is 0. The summed E-state index contributed by atoms with van der Waals surface area (Å²) in [6.07, 6.45) is 22.5. The Morgan fingerprint density at radius 2 is 0.974 bits per heavy atom. The molecule has 7 heteroatoms. The number of rotatable bonds is 27. The van der Waals surface area contributed by atoms with Gasteiger partial charge in [0.15, 0.2) is 0 Å². The van der Waals surface area contributed by atoms with E-state index >= 15 is 0 Å². The molecule has 0 aromatic rings. The zero-order chi connectivity index (χ0) is 29.5. The van der Waals surface area contributed by atoms with Gasteiger partial charge in [0.2, 0.25) is 0 Å². The van der Waals surface area contributed by atoms with Crippen LogP contribution in [0.4, 0.5) is 0 Å². The molecule has 0 amide bonds. The van der Waals surface area contributed by atoms with Crippen molar-refractivity contribution in [2.45, 2.75) is 137 Å². The molecule has 0 heterocycles. The Hall–Kier alpha value is -1.89. The molecule has 0 fully saturated rings. The van der Waals surface area contributed by atoms with Gasteiger partial charge in [0.05, 0.1) is 31.8 Å². The number of carboxylic acid groups (broad SMARTS) is 3. The number of hydrogen-bond acceptors (Lipinski definition) is 4. The van der Waals surface area contributed by atoms with Crippen LogP contribution in [0.2, 0.25) is 0 Å². The van der Waals surface area contributed by atoms with E-state index in [1.54, 1.807) is 20.8 Å². The van der Waals surface area contributed by atoms with Crippen molar-refractivity contribution in [2.75, 3.05) is 19.6 Å². The van der Waals surface area contributed by atoms with Gasteiger partial charge in [-0.05, 0) is 38.2 Å². The molecular formula is C32H59NO6. The van der Waals surface area contributed by atoms with E-state index in [4.69, 9.17) is 0 Å². The van der Waals surface area contributed by atoms with Crippen LogP contribution >= 0.6 is 0 Å². The minimum Gasteiger partial charge on any atom is -0.550 e. The average Bonchev–Trinajstić information content (AvgIpc) is 2.90. The number of quaternary nitrogens is 1. The maximum absolute atomic E-state index is 11.9. The van der Waals surface area contributed by atoms with Crippen molar-refractivity contribution in [3.63, 3.8) is 0 Å². The Balaban J connectivity index is 5.06. The summed E-state index contributed by atoms with van der Waals surface area (Å²) in [5, 5.41) is 31.3. The van der Waals surface area contributed by atoms with Gasteiger partial charge in [0, 0.05) is 5.92 Å². The summed E-state index contributed by atoms with van der Waals surface area (Å²) < 4.78 is 0.0422. The van der Waals surface area contributed by atoms with Crippen molar-refractivity contribution >= 4 is 17.9 Å². The maximum Gasteiger partial charge on any atom is 0.312 e. The minimum atomic E-state index is -1.17. The molecule has 0 aromatic carbocycles. The highest BCUT2D eigenvalue weighted by Crippen LogP contribution is 2.25. The molecule has 0 saturated carbocycles. The normalized spacial score (nSPS) is 15.6. The lowest BCUT2D eigenvalue weighted by molar-refractivity contribution is -0.887. The van der Waals surface area contributed by atoms with E-state index in [1.807, 2.05) is 12.3 Å². The third-order valence-corrected chi connectivity index (χ3v) is 8.16. The van der Waals surface area contributed by atoms with Crippen molar-refractivity contribution in [3.05, 3.63) is 12.3 Å². The predicted molar refractivity (Wildman–Crippen MR) is 156 cm³/mol. The number of carbonyl (C=O) groups is 3. The largest absolute Gasteiger partial charge is 0.550 e. The molecule has 228 valence electrons. The van der Waals surface area contributed by atoms with Gasteiger partial charge in [-0.25, -0.2) is 0 Å². The van der Waals surface area contributed by atoms with Crippen molar-refractivity contribution < 1.29 is 34.2 Å². The molecule has 0 spiro atoms. The van der Waals surface area contributed by atoms with E-state index in [9.17, 15) is 29.7 Å². The van der Waals surface area contributed by atoms with Crippen LogP contribution in [0.15, 0.2) is 12.3 Å². The fraction of sp³-hybridized carbons (Fsp3) is 0.844. The third-order valence-electron chi connectivity index (χ3n) is 8.16. The summed E-state index contributed by atoms with van der Waals surface area (Å²) in [6, 6.07) is 0. The summed E-state index contributed by atoms with van der Waals surface area (Å²) in [7, 11) is 0. The quantitative estimate of drug-likeness (QED) is 0.0854. The molecule has 0 saturated heterocycles. The van der Waals surface area contributed by atoms with Crippen LogP contribution in [0, 0.1) is 17.8 Å². The Morgan fingerprint density at radius 1 is 0.615 bits per heavy atom. The molecule has 3 unspecified atom stereocenters. The van der Waals surface area contributed by atoms with E-state index < -0.39 is 35.7 Å². The van der Waals surface area contributed by atoms with Gasteiger partial charge in [0.25, 0.3) is 0 Å². The van der Waals surface area contributed by atoms with Crippen molar-refractivity contribution in [3.8, 4) is 0 Å². The molecule has 2 N–H and O–H groups in total. The van der Waals surface area contributed by atoms with Gasteiger partial charge in [0.1, 0.15) is 11.8 Å². The van der Waals surface area contributed by atoms with Gasteiger partial charge in [-0.3, -0.25) is 14.1 Å². The second kappa shape index (κ2) is 22.9. The van der Waals surface area contributed by atoms with Crippen LogP contribution < -0.4 is 5.11 Å². The maximum atomic E-state index is 11.9. The van der Waals surface area contributed by atoms with Crippen LogP contribution in [0.5, 0.6) is 0 Å². The number of unbranched alkanes of at least 4 members (excludes halogenated alkanes) is 13. The standard InChI is InChI=1S/C32H59NO6/c1-5-9-10-11-12-13-14-15-16-17-18-19-20-21-22-23-33(24-27(6-2)30(34)35,25-28(7-3)31(36)37)26-29(8-4)32(38)39/h22-23,27-29H,5-21,24-26H2,1-4H3,(H2-,34,35,36,37,38,39)/b23-22+. The first-order valence-corrected chi connectivity index (χ1v) is 15.9. The first kappa shape index (κ1) is 37.1. The molecule has 0 rings (SSSR count). The molecule has 0 aliphatic heterocycles. The second-order valence-corrected chi connectivity index (χ2v) is 11.5. The van der Waals surface area contributed by atoms with Crippen LogP contribution in [-0.2, 0) is 14.4 Å². The second-order valence-electron chi connectivity index (χ2n) is 11.5. The number of carboxylic acids is 3. The molecule has 7 nitrogen and oxygen atoms in total. The van der Waals surface area contributed by atoms with Crippen LogP contribution in [-0.4, -0.2) is 52.2 Å². The predicted octanol–water partition coefficient (Wildman–Crippen LogP) is 6.80. The highest BCUT2D eigenvalue weighted by Gasteiger charge is 2.38. The first-order valence-electron chi connectivity index (χ1n) is 15.9. The van der Waals surface area contributed by atoms with Gasteiger partial charge in [-0.1, -0.05) is 105 Å². The highest BCUT2D eigenvalue weighted by atomic mass is 16.4. The molecule has 0 aliphatic rings. The molecule has 0 bridgehead atoms. The summed E-state index contributed by atoms with van der Waals surface area (Å²) in [4.78, 5) is 35.7.